The van der Waals surface area contributed by atoms with Crippen LogP contribution in [-0.4, -0.2) is 16.8 Å². The number of hydrogen-bond acceptors (Lipinski definition) is 3. The number of rotatable bonds is 1. The van der Waals surface area contributed by atoms with E-state index in [0.29, 0.717) is 5.75 Å². The molecule has 4 rings (SSSR count). The van der Waals surface area contributed by atoms with Gasteiger partial charge in [-0.15, -0.1) is 0 Å². The van der Waals surface area contributed by atoms with E-state index in [0.717, 1.165) is 23.3 Å². The Morgan fingerprint density at radius 1 is 1.05 bits per heavy atom. The Morgan fingerprint density at radius 3 is 2.65 bits per heavy atom. The van der Waals surface area contributed by atoms with Crippen molar-refractivity contribution in [1.82, 2.24) is 5.01 Å². The van der Waals surface area contributed by atoms with Gasteiger partial charge in [0.15, 0.2) is 0 Å². The molecule has 4 heteroatoms. The smallest absolute Gasteiger partial charge is 0.409 e. The van der Waals surface area contributed by atoms with Crippen molar-refractivity contribution in [3.8, 4) is 5.75 Å². The summed E-state index contributed by atoms with van der Waals surface area (Å²) in [6.45, 7) is 0. The van der Waals surface area contributed by atoms with Crippen LogP contribution in [0.15, 0.2) is 59.7 Å². The Morgan fingerprint density at radius 2 is 1.80 bits per heavy atom. The summed E-state index contributed by atoms with van der Waals surface area (Å²) in [6.07, 6.45) is 0.315. The molecule has 1 amide bonds. The van der Waals surface area contributed by atoms with Crippen LogP contribution in [-0.2, 0) is 0 Å². The second kappa shape index (κ2) is 4.20. The summed E-state index contributed by atoms with van der Waals surface area (Å²) in [7, 11) is 0. The number of hydrazone groups is 1. The van der Waals surface area contributed by atoms with Gasteiger partial charge in [-0.2, -0.15) is 10.1 Å². The summed E-state index contributed by atoms with van der Waals surface area (Å²) in [5.74, 6) is 0.642. The molecular formula is C16H12N2O2. The van der Waals surface area contributed by atoms with Gasteiger partial charge in [0.05, 0.1) is 11.8 Å². The molecule has 1 atom stereocenters. The lowest BCUT2D eigenvalue weighted by Gasteiger charge is -2.27. The van der Waals surface area contributed by atoms with Gasteiger partial charge in [-0.3, -0.25) is 0 Å². The minimum atomic E-state index is -0.403. The molecule has 0 spiro atoms. The Balaban J connectivity index is 1.76. The minimum absolute atomic E-state index is 0.0531. The molecular weight excluding hydrogens is 252 g/mol. The summed E-state index contributed by atoms with van der Waals surface area (Å²) in [5, 5.41) is 5.88. The molecule has 2 aliphatic heterocycles. The average molecular weight is 264 g/mol. The van der Waals surface area contributed by atoms with Crippen molar-refractivity contribution < 1.29 is 9.53 Å². The molecule has 0 aliphatic carbocycles. The van der Waals surface area contributed by atoms with E-state index in [9.17, 15) is 4.79 Å². The third kappa shape index (κ3) is 1.61. The Bertz CT molecular complexity index is 709. The first kappa shape index (κ1) is 11.2. The van der Waals surface area contributed by atoms with Crippen LogP contribution in [0.2, 0.25) is 0 Å². The van der Waals surface area contributed by atoms with E-state index < -0.39 is 6.09 Å². The van der Waals surface area contributed by atoms with Gasteiger partial charge in [-0.25, -0.2) is 4.79 Å². The van der Waals surface area contributed by atoms with E-state index in [2.05, 4.69) is 5.10 Å². The van der Waals surface area contributed by atoms with Crippen LogP contribution in [0.4, 0.5) is 4.79 Å². The monoisotopic (exact) mass is 264 g/mol. The highest BCUT2D eigenvalue weighted by Gasteiger charge is 2.39. The lowest BCUT2D eigenvalue weighted by Crippen LogP contribution is -2.34. The molecule has 0 N–H and O–H groups in total. The van der Waals surface area contributed by atoms with Crippen LogP contribution in [0, 0.1) is 0 Å². The van der Waals surface area contributed by atoms with Crippen molar-refractivity contribution in [2.24, 2.45) is 5.10 Å². The molecule has 0 fully saturated rings. The number of hydrogen-bond donors (Lipinski definition) is 0. The molecule has 0 saturated heterocycles. The van der Waals surface area contributed by atoms with Gasteiger partial charge in [0.2, 0.25) is 0 Å². The summed E-state index contributed by atoms with van der Waals surface area (Å²) < 4.78 is 5.31. The largest absolute Gasteiger partial charge is 0.436 e. The SMILES string of the molecule is O=C1Oc2ccccc2C2CC(c3ccccc3)=NN12. The van der Waals surface area contributed by atoms with Crippen LogP contribution in [0.5, 0.6) is 5.75 Å². The van der Waals surface area contributed by atoms with Gasteiger partial charge in [0.25, 0.3) is 0 Å². The number of fused-ring (bicyclic) bond motifs is 3. The lowest BCUT2D eigenvalue weighted by atomic mass is 9.97. The van der Waals surface area contributed by atoms with E-state index in [4.69, 9.17) is 4.74 Å². The summed E-state index contributed by atoms with van der Waals surface area (Å²) >= 11 is 0. The summed E-state index contributed by atoms with van der Waals surface area (Å²) in [4.78, 5) is 12.0. The molecule has 1 unspecified atom stereocenters. The maximum absolute atomic E-state index is 12.0. The van der Waals surface area contributed by atoms with E-state index in [1.807, 2.05) is 54.6 Å². The zero-order valence-electron chi connectivity index (χ0n) is 10.7. The molecule has 0 aromatic heterocycles. The van der Waals surface area contributed by atoms with Gasteiger partial charge >= 0.3 is 6.09 Å². The lowest BCUT2D eigenvalue weighted by molar-refractivity contribution is 0.127. The third-order valence-corrected chi connectivity index (χ3v) is 3.68. The highest BCUT2D eigenvalue weighted by Crippen LogP contribution is 2.41. The van der Waals surface area contributed by atoms with Crippen LogP contribution in [0.3, 0.4) is 0 Å². The predicted molar refractivity (Wildman–Crippen MR) is 74.6 cm³/mol. The average Bonchev–Trinajstić information content (AvgIpc) is 2.94. The molecule has 2 heterocycles. The second-order valence-corrected chi connectivity index (χ2v) is 4.88. The fourth-order valence-electron chi connectivity index (χ4n) is 2.72. The van der Waals surface area contributed by atoms with Gasteiger partial charge in [0.1, 0.15) is 5.75 Å². The quantitative estimate of drug-likeness (QED) is 0.792. The molecule has 0 saturated carbocycles. The molecule has 2 aromatic rings. The zero-order chi connectivity index (χ0) is 13.5. The van der Waals surface area contributed by atoms with Crippen molar-refractivity contribution in [3.63, 3.8) is 0 Å². The number of nitrogens with zero attached hydrogens (tertiary/aromatic N) is 2. The van der Waals surface area contributed by atoms with Crippen LogP contribution in [0.25, 0.3) is 0 Å². The number of para-hydroxylation sites is 1. The highest BCUT2D eigenvalue weighted by molar-refractivity contribution is 6.03. The Kier molecular flexibility index (Phi) is 2.36. The Labute approximate surface area is 116 Å². The van der Waals surface area contributed by atoms with Crippen LogP contribution >= 0.6 is 0 Å². The molecule has 2 aromatic carbocycles. The molecule has 4 nitrogen and oxygen atoms in total. The van der Waals surface area contributed by atoms with Gasteiger partial charge < -0.3 is 4.74 Å². The molecule has 20 heavy (non-hydrogen) atoms. The fourth-order valence-corrected chi connectivity index (χ4v) is 2.72. The second-order valence-electron chi connectivity index (χ2n) is 4.88. The standard InChI is InChI=1S/C16H12N2O2/c19-16-18-14(12-8-4-5-9-15(12)20-16)10-13(17-18)11-6-2-1-3-7-11/h1-9,14H,10H2. The van der Waals surface area contributed by atoms with E-state index in [-0.39, 0.29) is 6.04 Å². The topological polar surface area (TPSA) is 41.9 Å². The highest BCUT2D eigenvalue weighted by atomic mass is 16.6. The fraction of sp³-hybridized carbons (Fsp3) is 0.125. The molecule has 0 radical (unpaired) electrons. The zero-order valence-corrected chi connectivity index (χ0v) is 10.7. The number of carbonyl (C=O) groups is 1. The first-order valence-corrected chi connectivity index (χ1v) is 6.56. The van der Waals surface area contributed by atoms with Crippen molar-refractivity contribution in [2.45, 2.75) is 12.5 Å². The first-order chi connectivity index (χ1) is 9.83. The van der Waals surface area contributed by atoms with Crippen molar-refractivity contribution >= 4 is 11.8 Å². The maximum Gasteiger partial charge on any atom is 0.436 e. The summed E-state index contributed by atoms with van der Waals surface area (Å²) in [6, 6.07) is 17.5. The van der Waals surface area contributed by atoms with Crippen LogP contribution in [0.1, 0.15) is 23.6 Å². The summed E-state index contributed by atoms with van der Waals surface area (Å²) in [5.41, 5.74) is 2.98. The molecule has 2 aliphatic rings. The van der Waals surface area contributed by atoms with Gasteiger partial charge in [-0.05, 0) is 11.6 Å². The van der Waals surface area contributed by atoms with Crippen molar-refractivity contribution in [3.05, 3.63) is 65.7 Å². The minimum Gasteiger partial charge on any atom is -0.409 e. The number of amides is 1. The van der Waals surface area contributed by atoms with Crippen molar-refractivity contribution in [1.29, 1.82) is 0 Å². The normalized spacial score (nSPS) is 20.0. The number of carbonyl (C=O) groups excluding carboxylic acids is 1. The maximum atomic E-state index is 12.0. The predicted octanol–water partition coefficient (Wildman–Crippen LogP) is 3.35. The molecule has 0 bridgehead atoms. The number of benzene rings is 2. The van der Waals surface area contributed by atoms with Crippen LogP contribution < -0.4 is 4.74 Å². The van der Waals surface area contributed by atoms with E-state index in [1.54, 1.807) is 0 Å². The third-order valence-electron chi connectivity index (χ3n) is 3.68. The Hall–Kier alpha value is -2.62. The van der Waals surface area contributed by atoms with Crippen molar-refractivity contribution in [2.75, 3.05) is 0 Å². The number of ether oxygens (including phenoxy) is 1. The van der Waals surface area contributed by atoms with E-state index >= 15 is 0 Å². The molecule has 98 valence electrons. The van der Waals surface area contributed by atoms with Gasteiger partial charge in [-0.1, -0.05) is 48.5 Å². The first-order valence-electron chi connectivity index (χ1n) is 6.56. The van der Waals surface area contributed by atoms with E-state index in [1.165, 1.54) is 5.01 Å². The van der Waals surface area contributed by atoms with Gasteiger partial charge in [0, 0.05) is 12.0 Å².